The number of unbranched alkanes of at least 4 members (excludes halogenated alkanes) is 5. The average Bonchev–Trinajstić information content (AvgIpc) is 2.79. The van der Waals surface area contributed by atoms with Crippen LogP contribution in [0.5, 0.6) is 0 Å². The van der Waals surface area contributed by atoms with E-state index < -0.39 is 0 Å². The summed E-state index contributed by atoms with van der Waals surface area (Å²) in [6.45, 7) is 8.17. The molecule has 0 aromatic carbocycles. The maximum absolute atomic E-state index is 5.57. The molecule has 0 amide bonds. The molecule has 90 valence electrons. The smallest absolute Gasteiger partial charge is 0.110 e. The van der Waals surface area contributed by atoms with E-state index >= 15 is 0 Å². The first-order valence-corrected chi connectivity index (χ1v) is 6.42. The highest BCUT2D eigenvalue weighted by atomic mass is 16.6. The van der Waals surface area contributed by atoms with Gasteiger partial charge in [-0.15, -0.1) is 0 Å². The van der Waals surface area contributed by atoms with Gasteiger partial charge in [0.2, 0.25) is 0 Å². The molecule has 1 atom stereocenters. The second-order valence-corrected chi connectivity index (χ2v) is 5.05. The lowest BCUT2D eigenvalue weighted by atomic mass is 10.1. The Bertz CT molecular complexity index is 166. The molecule has 0 aliphatic carbocycles. The van der Waals surface area contributed by atoms with Crippen molar-refractivity contribution in [1.82, 2.24) is 0 Å². The van der Waals surface area contributed by atoms with E-state index in [4.69, 9.17) is 9.47 Å². The van der Waals surface area contributed by atoms with Crippen molar-refractivity contribution in [2.75, 3.05) is 13.2 Å². The van der Waals surface area contributed by atoms with Crippen LogP contribution >= 0.6 is 0 Å². The Morgan fingerprint density at radius 1 is 1.07 bits per heavy atom. The van der Waals surface area contributed by atoms with Crippen molar-refractivity contribution < 1.29 is 9.47 Å². The van der Waals surface area contributed by atoms with E-state index in [1.807, 2.05) is 0 Å². The monoisotopic (exact) mass is 214 g/mol. The molecule has 2 heteroatoms. The first-order chi connectivity index (χ1) is 7.17. The quantitative estimate of drug-likeness (QED) is 0.432. The van der Waals surface area contributed by atoms with Crippen LogP contribution in [0.25, 0.3) is 0 Å². The first-order valence-electron chi connectivity index (χ1n) is 6.42. The van der Waals surface area contributed by atoms with Gasteiger partial charge in [0.25, 0.3) is 0 Å². The van der Waals surface area contributed by atoms with Gasteiger partial charge in [-0.25, -0.2) is 0 Å². The molecule has 0 N–H and O–H groups in total. The zero-order chi connectivity index (χ0) is 11.1. The molecule has 1 fully saturated rings. The summed E-state index contributed by atoms with van der Waals surface area (Å²) in [5.74, 6) is 0. The summed E-state index contributed by atoms with van der Waals surface area (Å²) in [5, 5.41) is 0. The molecule has 0 saturated carbocycles. The van der Waals surface area contributed by atoms with Crippen molar-refractivity contribution >= 4 is 0 Å². The molecule has 1 rings (SSSR count). The maximum Gasteiger partial charge on any atom is 0.110 e. The SMILES string of the molecule is CCCCCCCCOCC1OC1(C)C. The first kappa shape index (κ1) is 13.0. The summed E-state index contributed by atoms with van der Waals surface area (Å²) in [6.07, 6.45) is 8.32. The molecule has 0 aromatic heterocycles. The third kappa shape index (κ3) is 5.53. The molecule has 1 heterocycles. The maximum atomic E-state index is 5.57. The Hall–Kier alpha value is -0.0800. The Labute approximate surface area is 94.3 Å². The summed E-state index contributed by atoms with van der Waals surface area (Å²) in [6, 6.07) is 0. The molecule has 0 spiro atoms. The van der Waals surface area contributed by atoms with Gasteiger partial charge >= 0.3 is 0 Å². The minimum absolute atomic E-state index is 0.0845. The zero-order valence-electron chi connectivity index (χ0n) is 10.6. The molecule has 0 radical (unpaired) electrons. The second-order valence-electron chi connectivity index (χ2n) is 5.05. The number of epoxide rings is 1. The summed E-state index contributed by atoms with van der Waals surface area (Å²) in [4.78, 5) is 0. The second kappa shape index (κ2) is 6.49. The summed E-state index contributed by atoms with van der Waals surface area (Å²) >= 11 is 0. The van der Waals surface area contributed by atoms with Crippen molar-refractivity contribution in [2.24, 2.45) is 0 Å². The topological polar surface area (TPSA) is 21.8 Å². The molecule has 1 unspecified atom stereocenters. The standard InChI is InChI=1S/C13H26O2/c1-4-5-6-7-8-9-10-14-11-12-13(2,3)15-12/h12H,4-11H2,1-3H3. The van der Waals surface area contributed by atoms with Gasteiger partial charge in [-0.05, 0) is 20.3 Å². The van der Waals surface area contributed by atoms with Gasteiger partial charge in [0.1, 0.15) is 6.10 Å². The van der Waals surface area contributed by atoms with Crippen molar-refractivity contribution in [1.29, 1.82) is 0 Å². The molecule has 0 aromatic rings. The van der Waals surface area contributed by atoms with Gasteiger partial charge in [-0.2, -0.15) is 0 Å². The van der Waals surface area contributed by atoms with E-state index in [-0.39, 0.29) is 5.60 Å². The predicted molar refractivity (Wildman–Crippen MR) is 63.1 cm³/mol. The fraction of sp³-hybridized carbons (Fsp3) is 1.00. The Morgan fingerprint density at radius 3 is 2.27 bits per heavy atom. The van der Waals surface area contributed by atoms with Crippen LogP contribution in [0.2, 0.25) is 0 Å². The third-order valence-electron chi connectivity index (χ3n) is 3.08. The van der Waals surface area contributed by atoms with Gasteiger partial charge in [-0.3, -0.25) is 0 Å². The highest BCUT2D eigenvalue weighted by Gasteiger charge is 2.47. The van der Waals surface area contributed by atoms with E-state index in [2.05, 4.69) is 20.8 Å². The van der Waals surface area contributed by atoms with E-state index in [0.29, 0.717) is 6.10 Å². The van der Waals surface area contributed by atoms with Crippen LogP contribution < -0.4 is 0 Å². The minimum Gasteiger partial charge on any atom is -0.379 e. The van der Waals surface area contributed by atoms with Gasteiger partial charge in [0.15, 0.2) is 0 Å². The molecule has 2 nitrogen and oxygen atoms in total. The van der Waals surface area contributed by atoms with Gasteiger partial charge < -0.3 is 9.47 Å². The highest BCUT2D eigenvalue weighted by molar-refractivity contribution is 4.94. The van der Waals surface area contributed by atoms with Crippen LogP contribution in [0.3, 0.4) is 0 Å². The lowest BCUT2D eigenvalue weighted by Crippen LogP contribution is -2.10. The lowest BCUT2D eigenvalue weighted by molar-refractivity contribution is 0.113. The number of hydrogen-bond acceptors (Lipinski definition) is 2. The molecule has 1 saturated heterocycles. The summed E-state index contributed by atoms with van der Waals surface area (Å²) < 4.78 is 11.0. The molecular weight excluding hydrogens is 188 g/mol. The Morgan fingerprint density at radius 2 is 1.67 bits per heavy atom. The minimum atomic E-state index is 0.0845. The lowest BCUT2D eigenvalue weighted by Gasteiger charge is -2.03. The average molecular weight is 214 g/mol. The van der Waals surface area contributed by atoms with Gasteiger partial charge in [0.05, 0.1) is 12.2 Å². The largest absolute Gasteiger partial charge is 0.379 e. The number of hydrogen-bond donors (Lipinski definition) is 0. The zero-order valence-corrected chi connectivity index (χ0v) is 10.6. The van der Waals surface area contributed by atoms with Crippen LogP contribution in [0, 0.1) is 0 Å². The van der Waals surface area contributed by atoms with Crippen LogP contribution in [0.4, 0.5) is 0 Å². The summed E-state index contributed by atoms with van der Waals surface area (Å²) in [7, 11) is 0. The Kier molecular flexibility index (Phi) is 5.62. The van der Waals surface area contributed by atoms with Crippen LogP contribution in [0.15, 0.2) is 0 Å². The molecule has 1 aliphatic heterocycles. The van der Waals surface area contributed by atoms with Crippen LogP contribution in [-0.4, -0.2) is 24.9 Å². The van der Waals surface area contributed by atoms with Gasteiger partial charge in [-0.1, -0.05) is 39.0 Å². The molecule has 0 bridgehead atoms. The fourth-order valence-electron chi connectivity index (χ4n) is 1.74. The number of rotatable bonds is 9. The molecular formula is C13H26O2. The normalized spacial score (nSPS) is 23.0. The third-order valence-corrected chi connectivity index (χ3v) is 3.08. The fourth-order valence-corrected chi connectivity index (χ4v) is 1.74. The van der Waals surface area contributed by atoms with Crippen molar-refractivity contribution in [3.63, 3.8) is 0 Å². The van der Waals surface area contributed by atoms with Gasteiger partial charge in [0, 0.05) is 6.61 Å². The van der Waals surface area contributed by atoms with E-state index in [1.165, 1.54) is 38.5 Å². The highest BCUT2D eigenvalue weighted by Crippen LogP contribution is 2.35. The van der Waals surface area contributed by atoms with Crippen molar-refractivity contribution in [3.8, 4) is 0 Å². The predicted octanol–water partition coefficient (Wildman–Crippen LogP) is 3.54. The van der Waals surface area contributed by atoms with E-state index in [0.717, 1.165) is 13.2 Å². The van der Waals surface area contributed by atoms with Crippen LogP contribution in [0.1, 0.15) is 59.3 Å². The Balaban J connectivity index is 1.74. The number of ether oxygens (including phenoxy) is 2. The summed E-state index contributed by atoms with van der Waals surface area (Å²) in [5.41, 5.74) is 0.0845. The van der Waals surface area contributed by atoms with E-state index in [9.17, 15) is 0 Å². The van der Waals surface area contributed by atoms with Crippen LogP contribution in [-0.2, 0) is 9.47 Å². The molecule has 15 heavy (non-hydrogen) atoms. The van der Waals surface area contributed by atoms with Crippen molar-refractivity contribution in [3.05, 3.63) is 0 Å². The van der Waals surface area contributed by atoms with Crippen molar-refractivity contribution in [2.45, 2.75) is 71.0 Å². The molecule has 1 aliphatic rings. The van der Waals surface area contributed by atoms with E-state index in [1.54, 1.807) is 0 Å².